The van der Waals surface area contributed by atoms with Gasteiger partial charge in [-0.3, -0.25) is 4.68 Å². The number of alkyl halides is 4. The number of rotatable bonds is 4. The van der Waals surface area contributed by atoms with Crippen LogP contribution in [0.25, 0.3) is 0 Å². The van der Waals surface area contributed by atoms with Crippen LogP contribution in [0.5, 0.6) is 0 Å². The number of nitrogens with zero attached hydrogens (tertiary/aromatic N) is 3. The number of amides is 1. The van der Waals surface area contributed by atoms with Gasteiger partial charge in [0.25, 0.3) is 12.3 Å². The minimum atomic E-state index is -3.12. The zero-order chi connectivity index (χ0) is 21.4. The number of hydrogen-bond acceptors (Lipinski definition) is 4. The Balaban J connectivity index is 1.79. The third kappa shape index (κ3) is 5.21. The molecule has 6 nitrogen and oxygen atoms in total. The highest BCUT2D eigenvalue weighted by Gasteiger charge is 2.44. The number of halogens is 4. The lowest BCUT2D eigenvalue weighted by atomic mass is 9.98. The predicted octanol–water partition coefficient (Wildman–Crippen LogP) is 3.96. The highest BCUT2D eigenvalue weighted by molar-refractivity contribution is 5.68. The van der Waals surface area contributed by atoms with Gasteiger partial charge in [0.05, 0.1) is 18.8 Å². The van der Waals surface area contributed by atoms with Crippen molar-refractivity contribution in [1.29, 1.82) is 0 Å². The Kier molecular flexibility index (Phi) is 6.12. The molecule has 10 heteroatoms. The normalized spacial score (nSPS) is 21.5. The molecule has 29 heavy (non-hydrogen) atoms. The fraction of sp³-hybridized carbons (Fsp3) is 0.789. The second-order valence-corrected chi connectivity index (χ2v) is 8.65. The lowest BCUT2D eigenvalue weighted by Crippen LogP contribution is -2.40. The highest BCUT2D eigenvalue weighted by Crippen LogP contribution is 2.41. The Labute approximate surface area is 167 Å². The van der Waals surface area contributed by atoms with Gasteiger partial charge < -0.3 is 14.4 Å². The van der Waals surface area contributed by atoms with Gasteiger partial charge in [0.15, 0.2) is 0 Å². The van der Waals surface area contributed by atoms with E-state index in [1.54, 1.807) is 20.8 Å². The van der Waals surface area contributed by atoms with Gasteiger partial charge in [-0.15, -0.1) is 0 Å². The van der Waals surface area contributed by atoms with E-state index < -0.39 is 37.1 Å². The summed E-state index contributed by atoms with van der Waals surface area (Å²) in [7, 11) is 0. The minimum absolute atomic E-state index is 0.0156. The molecule has 3 heterocycles. The van der Waals surface area contributed by atoms with E-state index in [2.05, 4.69) is 5.10 Å². The van der Waals surface area contributed by atoms with E-state index in [0.29, 0.717) is 24.2 Å². The molecule has 0 fully saturated rings. The molecule has 0 saturated heterocycles. The predicted molar refractivity (Wildman–Crippen MR) is 96.0 cm³/mol. The van der Waals surface area contributed by atoms with Crippen LogP contribution in [0.3, 0.4) is 0 Å². The summed E-state index contributed by atoms with van der Waals surface area (Å²) in [5.41, 5.74) is 0.0508. The Morgan fingerprint density at radius 3 is 2.72 bits per heavy atom. The third-order valence-electron chi connectivity index (χ3n) is 4.99. The molecule has 164 valence electrons. The summed E-state index contributed by atoms with van der Waals surface area (Å²) in [5.74, 6) is -3.45. The molecular weight excluding hydrogens is 394 g/mol. The summed E-state index contributed by atoms with van der Waals surface area (Å²) in [6.45, 7) is 5.04. The molecule has 1 amide bonds. The van der Waals surface area contributed by atoms with Gasteiger partial charge in [-0.1, -0.05) is 0 Å². The SMILES string of the molecule is CC(C)(C)OC(=O)N1CCc2nn3c(c2C1)C(F)(F)CCC(COCC(F)F)C3. The number of ether oxygens (including phenoxy) is 2. The van der Waals surface area contributed by atoms with E-state index in [0.717, 1.165) is 0 Å². The van der Waals surface area contributed by atoms with E-state index in [1.165, 1.54) is 9.58 Å². The van der Waals surface area contributed by atoms with Crippen LogP contribution in [-0.2, 0) is 34.9 Å². The molecule has 0 aromatic carbocycles. The summed E-state index contributed by atoms with van der Waals surface area (Å²) in [4.78, 5) is 13.8. The van der Waals surface area contributed by atoms with Crippen molar-refractivity contribution in [3.05, 3.63) is 17.0 Å². The third-order valence-corrected chi connectivity index (χ3v) is 4.99. The Morgan fingerprint density at radius 2 is 2.07 bits per heavy atom. The maximum absolute atomic E-state index is 14.9. The van der Waals surface area contributed by atoms with E-state index >= 15 is 0 Å². The average Bonchev–Trinajstić information content (AvgIpc) is 2.89. The monoisotopic (exact) mass is 421 g/mol. The quantitative estimate of drug-likeness (QED) is 0.691. The van der Waals surface area contributed by atoms with Crippen molar-refractivity contribution in [1.82, 2.24) is 14.7 Å². The summed E-state index contributed by atoms with van der Waals surface area (Å²) in [6.07, 6.45) is -3.05. The summed E-state index contributed by atoms with van der Waals surface area (Å²) in [5, 5.41) is 4.36. The first-order chi connectivity index (χ1) is 13.5. The van der Waals surface area contributed by atoms with Crippen molar-refractivity contribution in [2.45, 2.75) is 71.1 Å². The van der Waals surface area contributed by atoms with Gasteiger partial charge in [0, 0.05) is 37.4 Å². The van der Waals surface area contributed by atoms with E-state index in [1.807, 2.05) is 0 Å². The van der Waals surface area contributed by atoms with Crippen molar-refractivity contribution in [2.24, 2.45) is 5.92 Å². The standard InChI is InChI=1S/C19H27F4N3O3/c1-18(2,3)29-17(27)25-7-5-14-13(9-25)16-19(22,23)6-4-12(8-26(16)24-14)10-28-11-15(20)21/h12,15H,4-11H2,1-3H3. The van der Waals surface area contributed by atoms with Crippen LogP contribution in [0.15, 0.2) is 0 Å². The number of aromatic nitrogens is 2. The molecule has 1 atom stereocenters. The van der Waals surface area contributed by atoms with Gasteiger partial charge in [-0.05, 0) is 27.2 Å². The van der Waals surface area contributed by atoms with Crippen LogP contribution in [0, 0.1) is 5.92 Å². The van der Waals surface area contributed by atoms with Crippen molar-refractivity contribution >= 4 is 6.09 Å². The maximum Gasteiger partial charge on any atom is 0.410 e. The van der Waals surface area contributed by atoms with Crippen LogP contribution in [0.1, 0.15) is 50.6 Å². The first-order valence-electron chi connectivity index (χ1n) is 9.77. The smallest absolute Gasteiger partial charge is 0.410 e. The number of carbonyl (C=O) groups is 1. The van der Waals surface area contributed by atoms with Gasteiger partial charge in [0.2, 0.25) is 0 Å². The zero-order valence-electron chi connectivity index (χ0n) is 16.9. The molecule has 0 radical (unpaired) electrons. The van der Waals surface area contributed by atoms with Crippen molar-refractivity contribution < 1.29 is 31.8 Å². The first-order valence-corrected chi connectivity index (χ1v) is 9.77. The molecule has 1 aromatic heterocycles. The van der Waals surface area contributed by atoms with Crippen LogP contribution in [-0.4, -0.2) is 52.6 Å². The van der Waals surface area contributed by atoms with Crippen molar-refractivity contribution in [3.63, 3.8) is 0 Å². The Bertz CT molecular complexity index is 746. The largest absolute Gasteiger partial charge is 0.444 e. The maximum atomic E-state index is 14.9. The van der Waals surface area contributed by atoms with Gasteiger partial charge in [-0.25, -0.2) is 13.6 Å². The fourth-order valence-electron chi connectivity index (χ4n) is 3.75. The molecule has 0 N–H and O–H groups in total. The second kappa shape index (κ2) is 8.12. The lowest BCUT2D eigenvalue weighted by molar-refractivity contribution is -0.0278. The molecule has 2 aliphatic rings. The first kappa shape index (κ1) is 21.9. The Morgan fingerprint density at radius 1 is 1.34 bits per heavy atom. The average molecular weight is 421 g/mol. The van der Waals surface area contributed by atoms with Crippen LogP contribution >= 0.6 is 0 Å². The lowest BCUT2D eigenvalue weighted by Gasteiger charge is -2.30. The molecule has 0 bridgehead atoms. The molecule has 0 spiro atoms. The molecule has 0 aliphatic carbocycles. The van der Waals surface area contributed by atoms with E-state index in [-0.39, 0.29) is 37.7 Å². The Hall–Kier alpha value is -1.84. The molecule has 0 saturated carbocycles. The molecule has 2 aliphatic heterocycles. The van der Waals surface area contributed by atoms with E-state index in [9.17, 15) is 22.4 Å². The number of fused-ring (bicyclic) bond motifs is 3. The molecular formula is C19H27F4N3O3. The molecule has 3 rings (SSSR count). The minimum Gasteiger partial charge on any atom is -0.444 e. The van der Waals surface area contributed by atoms with Gasteiger partial charge >= 0.3 is 6.09 Å². The van der Waals surface area contributed by atoms with Crippen molar-refractivity contribution in [3.8, 4) is 0 Å². The molecule has 1 unspecified atom stereocenters. The fourth-order valence-corrected chi connectivity index (χ4v) is 3.75. The topological polar surface area (TPSA) is 56.6 Å². The second-order valence-electron chi connectivity index (χ2n) is 8.65. The van der Waals surface area contributed by atoms with Crippen molar-refractivity contribution in [2.75, 3.05) is 19.8 Å². The van der Waals surface area contributed by atoms with Crippen LogP contribution in [0.2, 0.25) is 0 Å². The number of hydrogen-bond donors (Lipinski definition) is 0. The van der Waals surface area contributed by atoms with Gasteiger partial charge in [-0.2, -0.15) is 13.9 Å². The number of carbonyl (C=O) groups excluding carboxylic acids is 1. The molecule has 1 aromatic rings. The van der Waals surface area contributed by atoms with Crippen LogP contribution in [0.4, 0.5) is 22.4 Å². The van der Waals surface area contributed by atoms with Gasteiger partial charge in [0.1, 0.15) is 17.9 Å². The summed E-state index contributed by atoms with van der Waals surface area (Å²) in [6, 6.07) is 0. The highest BCUT2D eigenvalue weighted by atomic mass is 19.3. The van der Waals surface area contributed by atoms with E-state index in [4.69, 9.17) is 9.47 Å². The zero-order valence-corrected chi connectivity index (χ0v) is 16.9. The summed E-state index contributed by atoms with van der Waals surface area (Å²) < 4.78 is 66.1. The summed E-state index contributed by atoms with van der Waals surface area (Å²) >= 11 is 0. The van der Waals surface area contributed by atoms with Crippen LogP contribution < -0.4 is 0 Å².